The number of hydrogen-bond donors (Lipinski definition) is 1. The van der Waals surface area contributed by atoms with Gasteiger partial charge in [-0.3, -0.25) is 4.79 Å². The predicted octanol–water partition coefficient (Wildman–Crippen LogP) is 2.58. The molecule has 0 saturated carbocycles. The SMILES string of the molecule is NC(=O)N1CCC[C@H](C(=O)OCCc2ccccc2C(F)(F)F)C1. The van der Waals surface area contributed by atoms with Crippen LogP contribution in [0.3, 0.4) is 0 Å². The molecule has 0 bridgehead atoms. The van der Waals surface area contributed by atoms with E-state index in [2.05, 4.69) is 0 Å². The van der Waals surface area contributed by atoms with Crippen molar-refractivity contribution in [3.05, 3.63) is 35.4 Å². The third-order valence-electron chi connectivity index (χ3n) is 4.00. The van der Waals surface area contributed by atoms with Crippen LogP contribution < -0.4 is 5.73 Å². The number of primary amides is 1. The fourth-order valence-corrected chi connectivity index (χ4v) is 2.76. The van der Waals surface area contributed by atoms with Crippen molar-refractivity contribution in [1.82, 2.24) is 4.90 Å². The minimum absolute atomic E-state index is 0.0202. The monoisotopic (exact) mass is 344 g/mol. The van der Waals surface area contributed by atoms with Crippen LogP contribution in [0.4, 0.5) is 18.0 Å². The molecular weight excluding hydrogens is 325 g/mol. The summed E-state index contributed by atoms with van der Waals surface area (Å²) in [6, 6.07) is 4.61. The second-order valence-electron chi connectivity index (χ2n) is 5.70. The predicted molar refractivity (Wildman–Crippen MR) is 80.0 cm³/mol. The summed E-state index contributed by atoms with van der Waals surface area (Å²) < 4.78 is 43.8. The van der Waals surface area contributed by atoms with Gasteiger partial charge in [-0.05, 0) is 24.5 Å². The molecular formula is C16H19F3N2O3. The average molecular weight is 344 g/mol. The first-order chi connectivity index (χ1) is 11.3. The fourth-order valence-electron chi connectivity index (χ4n) is 2.76. The lowest BCUT2D eigenvalue weighted by Crippen LogP contribution is -2.45. The number of halogens is 3. The zero-order valence-electron chi connectivity index (χ0n) is 13.0. The summed E-state index contributed by atoms with van der Waals surface area (Å²) in [6.07, 6.45) is -3.25. The standard InChI is InChI=1S/C16H19F3N2O3/c17-16(18,19)13-6-2-1-4-11(13)7-9-24-14(22)12-5-3-8-21(10-12)15(20)23/h1-2,4,6,12H,3,5,7-10H2,(H2,20,23)/t12-/m0/s1. The summed E-state index contributed by atoms with van der Waals surface area (Å²) in [5, 5.41) is 0. The zero-order valence-corrected chi connectivity index (χ0v) is 13.0. The molecule has 1 fully saturated rings. The lowest BCUT2D eigenvalue weighted by molar-refractivity contribution is -0.149. The number of likely N-dealkylation sites (tertiary alicyclic amines) is 1. The summed E-state index contributed by atoms with van der Waals surface area (Å²) >= 11 is 0. The summed E-state index contributed by atoms with van der Waals surface area (Å²) in [5.41, 5.74) is 4.55. The topological polar surface area (TPSA) is 72.6 Å². The Morgan fingerprint density at radius 1 is 1.29 bits per heavy atom. The van der Waals surface area contributed by atoms with E-state index in [0.717, 1.165) is 6.07 Å². The van der Waals surface area contributed by atoms with Crippen LogP contribution in [-0.4, -0.2) is 36.6 Å². The van der Waals surface area contributed by atoms with E-state index in [4.69, 9.17) is 10.5 Å². The van der Waals surface area contributed by atoms with Crippen LogP contribution in [0.15, 0.2) is 24.3 Å². The molecule has 2 rings (SSSR count). The van der Waals surface area contributed by atoms with Crippen LogP contribution in [0.25, 0.3) is 0 Å². The van der Waals surface area contributed by atoms with Crippen LogP contribution in [0.1, 0.15) is 24.0 Å². The molecule has 2 amide bonds. The lowest BCUT2D eigenvalue weighted by Gasteiger charge is -2.30. The molecule has 1 aliphatic rings. The molecule has 2 N–H and O–H groups in total. The Morgan fingerprint density at radius 2 is 2.00 bits per heavy atom. The number of hydrogen-bond acceptors (Lipinski definition) is 3. The van der Waals surface area contributed by atoms with Crippen LogP contribution in [0.5, 0.6) is 0 Å². The Labute approximate surface area is 137 Å². The normalized spacial score (nSPS) is 18.3. The number of nitrogens with zero attached hydrogens (tertiary/aromatic N) is 1. The van der Waals surface area contributed by atoms with Gasteiger partial charge in [-0.2, -0.15) is 13.2 Å². The molecule has 1 saturated heterocycles. The Bertz CT molecular complexity index is 604. The number of alkyl halides is 3. The number of nitrogens with two attached hydrogens (primary N) is 1. The van der Waals surface area contributed by atoms with E-state index in [1.807, 2.05) is 0 Å². The summed E-state index contributed by atoms with van der Waals surface area (Å²) in [6.45, 7) is 0.546. The van der Waals surface area contributed by atoms with E-state index in [-0.39, 0.29) is 25.1 Å². The minimum Gasteiger partial charge on any atom is -0.465 e. The van der Waals surface area contributed by atoms with Gasteiger partial charge in [0.05, 0.1) is 18.1 Å². The minimum atomic E-state index is -4.44. The van der Waals surface area contributed by atoms with Crippen molar-refractivity contribution in [2.24, 2.45) is 11.7 Å². The molecule has 0 radical (unpaired) electrons. The molecule has 8 heteroatoms. The van der Waals surface area contributed by atoms with Crippen molar-refractivity contribution >= 4 is 12.0 Å². The number of benzene rings is 1. The average Bonchev–Trinajstić information content (AvgIpc) is 2.54. The van der Waals surface area contributed by atoms with Gasteiger partial charge in [-0.1, -0.05) is 18.2 Å². The maximum absolute atomic E-state index is 12.9. The van der Waals surface area contributed by atoms with Gasteiger partial charge in [0.2, 0.25) is 0 Å². The molecule has 1 aromatic carbocycles. The Hall–Kier alpha value is -2.25. The molecule has 132 valence electrons. The Kier molecular flexibility index (Phi) is 5.69. The largest absolute Gasteiger partial charge is 0.465 e. The molecule has 24 heavy (non-hydrogen) atoms. The van der Waals surface area contributed by atoms with Crippen LogP contribution in [0.2, 0.25) is 0 Å². The fraction of sp³-hybridized carbons (Fsp3) is 0.500. The van der Waals surface area contributed by atoms with Crippen molar-refractivity contribution in [3.63, 3.8) is 0 Å². The Morgan fingerprint density at radius 3 is 2.67 bits per heavy atom. The third kappa shape index (κ3) is 4.62. The Balaban J connectivity index is 1.88. The van der Waals surface area contributed by atoms with Crippen LogP contribution in [-0.2, 0) is 22.1 Å². The van der Waals surface area contributed by atoms with Crippen molar-refractivity contribution in [3.8, 4) is 0 Å². The van der Waals surface area contributed by atoms with Crippen molar-refractivity contribution in [2.45, 2.75) is 25.4 Å². The highest BCUT2D eigenvalue weighted by atomic mass is 19.4. The van der Waals surface area contributed by atoms with E-state index in [9.17, 15) is 22.8 Å². The van der Waals surface area contributed by atoms with Gasteiger partial charge in [0.25, 0.3) is 0 Å². The van der Waals surface area contributed by atoms with E-state index in [0.29, 0.717) is 19.4 Å². The smallest absolute Gasteiger partial charge is 0.416 e. The number of piperidine rings is 1. The van der Waals surface area contributed by atoms with E-state index >= 15 is 0 Å². The first-order valence-electron chi connectivity index (χ1n) is 7.65. The van der Waals surface area contributed by atoms with Gasteiger partial charge in [0.15, 0.2) is 0 Å². The zero-order chi connectivity index (χ0) is 17.7. The molecule has 1 aromatic rings. The summed E-state index contributed by atoms with van der Waals surface area (Å²) in [5.74, 6) is -0.991. The second-order valence-corrected chi connectivity index (χ2v) is 5.70. The third-order valence-corrected chi connectivity index (χ3v) is 4.00. The maximum Gasteiger partial charge on any atom is 0.416 e. The maximum atomic E-state index is 12.9. The van der Waals surface area contributed by atoms with Gasteiger partial charge in [-0.15, -0.1) is 0 Å². The molecule has 1 atom stereocenters. The van der Waals surface area contributed by atoms with Crippen molar-refractivity contribution < 1.29 is 27.5 Å². The number of esters is 1. The first-order valence-corrected chi connectivity index (χ1v) is 7.65. The number of carbonyl (C=O) groups excluding carboxylic acids is 2. The van der Waals surface area contributed by atoms with Crippen molar-refractivity contribution in [2.75, 3.05) is 19.7 Å². The number of carbonyl (C=O) groups is 2. The molecule has 5 nitrogen and oxygen atoms in total. The second kappa shape index (κ2) is 7.55. The summed E-state index contributed by atoms with van der Waals surface area (Å²) in [4.78, 5) is 24.5. The van der Waals surface area contributed by atoms with Crippen LogP contribution in [0, 0.1) is 5.92 Å². The summed E-state index contributed by atoms with van der Waals surface area (Å²) in [7, 11) is 0. The van der Waals surface area contributed by atoms with Gasteiger partial charge >= 0.3 is 18.2 Å². The van der Waals surface area contributed by atoms with Gasteiger partial charge < -0.3 is 15.4 Å². The van der Waals surface area contributed by atoms with E-state index < -0.39 is 29.7 Å². The number of ether oxygens (including phenoxy) is 1. The molecule has 1 heterocycles. The molecule has 0 aliphatic carbocycles. The van der Waals surface area contributed by atoms with E-state index in [1.54, 1.807) is 0 Å². The van der Waals surface area contributed by atoms with Gasteiger partial charge in [-0.25, -0.2) is 4.79 Å². The number of urea groups is 1. The number of rotatable bonds is 4. The lowest BCUT2D eigenvalue weighted by atomic mass is 9.98. The highest BCUT2D eigenvalue weighted by molar-refractivity contribution is 5.76. The molecule has 0 aromatic heterocycles. The highest BCUT2D eigenvalue weighted by Crippen LogP contribution is 2.32. The molecule has 0 spiro atoms. The molecule has 0 unspecified atom stereocenters. The molecule has 1 aliphatic heterocycles. The van der Waals surface area contributed by atoms with Gasteiger partial charge in [0, 0.05) is 19.5 Å². The van der Waals surface area contributed by atoms with E-state index in [1.165, 1.54) is 23.1 Å². The number of amides is 2. The first kappa shape index (κ1) is 18.1. The van der Waals surface area contributed by atoms with Crippen LogP contribution >= 0.6 is 0 Å². The van der Waals surface area contributed by atoms with Crippen molar-refractivity contribution in [1.29, 1.82) is 0 Å². The van der Waals surface area contributed by atoms with Gasteiger partial charge in [0.1, 0.15) is 0 Å². The highest BCUT2D eigenvalue weighted by Gasteiger charge is 2.33. The quantitative estimate of drug-likeness (QED) is 0.853.